The zero-order chi connectivity index (χ0) is 17.2. The average Bonchev–Trinajstić information content (AvgIpc) is 2.54. The number of halogens is 1. The third kappa shape index (κ3) is 3.85. The van der Waals surface area contributed by atoms with Crippen molar-refractivity contribution in [2.24, 2.45) is 0 Å². The molecular weight excluding hydrogens is 340 g/mol. The summed E-state index contributed by atoms with van der Waals surface area (Å²) >= 11 is 6.12. The number of sulfonamides is 1. The van der Waals surface area contributed by atoms with Gasteiger partial charge in [0.2, 0.25) is 10.0 Å². The Bertz CT molecular complexity index is 691. The normalized spacial score (nSPS) is 19.2. The van der Waals surface area contributed by atoms with E-state index in [0.717, 1.165) is 10.7 Å². The Morgan fingerprint density at radius 1 is 1.43 bits per heavy atom. The molecule has 0 N–H and O–H groups in total. The van der Waals surface area contributed by atoms with Crippen LogP contribution in [0.1, 0.15) is 23.7 Å². The number of nitrogens with zero attached hydrogens (tertiary/aromatic N) is 2. The first-order valence-electron chi connectivity index (χ1n) is 7.40. The van der Waals surface area contributed by atoms with Crippen molar-refractivity contribution in [3.05, 3.63) is 28.8 Å². The van der Waals surface area contributed by atoms with Crippen LogP contribution in [0.5, 0.6) is 0 Å². The fraction of sp³-hybridized carbons (Fsp3) is 0.533. The van der Waals surface area contributed by atoms with Crippen LogP contribution in [0.3, 0.4) is 0 Å². The van der Waals surface area contributed by atoms with Gasteiger partial charge < -0.3 is 9.64 Å². The van der Waals surface area contributed by atoms with Crippen LogP contribution in [0.4, 0.5) is 0 Å². The molecule has 0 aromatic heterocycles. The number of benzene rings is 1. The van der Waals surface area contributed by atoms with E-state index in [1.807, 2.05) is 6.92 Å². The topological polar surface area (TPSA) is 66.9 Å². The SMILES string of the molecule is CCC1CN(C(=O)c2cc(S(=O)(=O)N(C)C)ccc2Cl)CCO1. The maximum Gasteiger partial charge on any atom is 0.255 e. The maximum atomic E-state index is 12.7. The third-order valence-electron chi connectivity index (χ3n) is 3.83. The molecule has 1 unspecified atom stereocenters. The minimum absolute atomic E-state index is 0.000154. The van der Waals surface area contributed by atoms with Gasteiger partial charge in [-0.2, -0.15) is 0 Å². The Morgan fingerprint density at radius 3 is 2.74 bits per heavy atom. The molecule has 1 atom stereocenters. The molecule has 0 bridgehead atoms. The number of hydrogen-bond donors (Lipinski definition) is 0. The Labute approximate surface area is 142 Å². The summed E-state index contributed by atoms with van der Waals surface area (Å²) in [5.74, 6) is -0.271. The number of carbonyl (C=O) groups excluding carboxylic acids is 1. The predicted molar refractivity (Wildman–Crippen MR) is 88.3 cm³/mol. The van der Waals surface area contributed by atoms with Gasteiger partial charge in [-0.1, -0.05) is 18.5 Å². The number of rotatable bonds is 4. The second-order valence-electron chi connectivity index (χ2n) is 5.58. The van der Waals surface area contributed by atoms with Crippen LogP contribution >= 0.6 is 11.6 Å². The highest BCUT2D eigenvalue weighted by Gasteiger charge is 2.27. The fourth-order valence-electron chi connectivity index (χ4n) is 2.36. The van der Waals surface area contributed by atoms with Crippen molar-refractivity contribution in [1.82, 2.24) is 9.21 Å². The van der Waals surface area contributed by atoms with Gasteiger partial charge in [0, 0.05) is 27.2 Å². The van der Waals surface area contributed by atoms with Crippen molar-refractivity contribution >= 4 is 27.5 Å². The van der Waals surface area contributed by atoms with E-state index in [1.54, 1.807) is 4.90 Å². The molecule has 1 aromatic rings. The molecule has 1 amide bonds. The molecule has 0 spiro atoms. The summed E-state index contributed by atoms with van der Waals surface area (Å²) < 4.78 is 31.1. The van der Waals surface area contributed by atoms with Gasteiger partial charge in [0.15, 0.2) is 0 Å². The van der Waals surface area contributed by atoms with Crippen LogP contribution < -0.4 is 0 Å². The smallest absolute Gasteiger partial charge is 0.255 e. The number of carbonyl (C=O) groups is 1. The molecular formula is C15H21ClN2O4S. The van der Waals surface area contributed by atoms with Crippen LogP contribution in [-0.2, 0) is 14.8 Å². The predicted octanol–water partition coefficient (Wildman–Crippen LogP) is 1.84. The lowest BCUT2D eigenvalue weighted by Crippen LogP contribution is -2.45. The summed E-state index contributed by atoms with van der Waals surface area (Å²) in [6.45, 7) is 3.42. The van der Waals surface area contributed by atoms with Crippen LogP contribution in [0.15, 0.2) is 23.1 Å². The molecule has 1 aliphatic heterocycles. The number of amides is 1. The van der Waals surface area contributed by atoms with Gasteiger partial charge in [-0.25, -0.2) is 12.7 Å². The summed E-state index contributed by atoms with van der Waals surface area (Å²) in [4.78, 5) is 14.4. The molecule has 1 heterocycles. The largest absolute Gasteiger partial charge is 0.375 e. The Balaban J connectivity index is 2.34. The monoisotopic (exact) mass is 360 g/mol. The van der Waals surface area contributed by atoms with Crippen LogP contribution in [0, 0.1) is 0 Å². The molecule has 0 radical (unpaired) electrons. The minimum Gasteiger partial charge on any atom is -0.375 e. The van der Waals surface area contributed by atoms with E-state index in [9.17, 15) is 13.2 Å². The second-order valence-corrected chi connectivity index (χ2v) is 8.14. The Hall–Kier alpha value is -1.15. The molecule has 0 aliphatic carbocycles. The lowest BCUT2D eigenvalue weighted by atomic mass is 10.1. The fourth-order valence-corrected chi connectivity index (χ4v) is 3.49. The second kappa shape index (κ2) is 7.17. The first-order chi connectivity index (χ1) is 10.8. The quantitative estimate of drug-likeness (QED) is 0.821. The first-order valence-corrected chi connectivity index (χ1v) is 9.22. The van der Waals surface area contributed by atoms with Gasteiger partial charge >= 0.3 is 0 Å². The van der Waals surface area contributed by atoms with Crippen molar-refractivity contribution in [3.63, 3.8) is 0 Å². The summed E-state index contributed by atoms with van der Waals surface area (Å²) in [7, 11) is -0.729. The van der Waals surface area contributed by atoms with Crippen LogP contribution in [-0.4, -0.2) is 63.4 Å². The first kappa shape index (κ1) is 18.2. The Morgan fingerprint density at radius 2 is 2.13 bits per heavy atom. The van der Waals surface area contributed by atoms with Crippen molar-refractivity contribution in [3.8, 4) is 0 Å². The lowest BCUT2D eigenvalue weighted by molar-refractivity contribution is -0.0226. The summed E-state index contributed by atoms with van der Waals surface area (Å²) in [5, 5.41) is 0.243. The molecule has 1 aromatic carbocycles. The summed E-state index contributed by atoms with van der Waals surface area (Å²) in [5.41, 5.74) is 0.200. The Kier molecular flexibility index (Phi) is 5.67. The molecule has 2 rings (SSSR count). The molecule has 23 heavy (non-hydrogen) atoms. The highest BCUT2D eigenvalue weighted by atomic mass is 35.5. The van der Waals surface area contributed by atoms with Gasteiger partial charge in [-0.15, -0.1) is 0 Å². The highest BCUT2D eigenvalue weighted by molar-refractivity contribution is 7.89. The van der Waals surface area contributed by atoms with E-state index in [0.29, 0.717) is 19.7 Å². The average molecular weight is 361 g/mol. The van der Waals surface area contributed by atoms with Gasteiger partial charge in [-0.3, -0.25) is 4.79 Å². The zero-order valence-electron chi connectivity index (χ0n) is 13.5. The number of ether oxygens (including phenoxy) is 1. The van der Waals surface area contributed by atoms with E-state index in [2.05, 4.69) is 0 Å². The lowest BCUT2D eigenvalue weighted by Gasteiger charge is -2.32. The molecule has 1 aliphatic rings. The van der Waals surface area contributed by atoms with Crippen LogP contribution in [0.2, 0.25) is 5.02 Å². The molecule has 6 nitrogen and oxygen atoms in total. The minimum atomic E-state index is -3.62. The number of hydrogen-bond acceptors (Lipinski definition) is 4. The molecule has 0 saturated carbocycles. The highest BCUT2D eigenvalue weighted by Crippen LogP contribution is 2.24. The van der Waals surface area contributed by atoms with Gasteiger partial charge in [-0.05, 0) is 24.6 Å². The van der Waals surface area contributed by atoms with E-state index >= 15 is 0 Å². The van der Waals surface area contributed by atoms with E-state index in [1.165, 1.54) is 32.3 Å². The van der Waals surface area contributed by atoms with E-state index in [-0.39, 0.29) is 27.5 Å². The van der Waals surface area contributed by atoms with Crippen molar-refractivity contribution < 1.29 is 17.9 Å². The van der Waals surface area contributed by atoms with Gasteiger partial charge in [0.05, 0.1) is 28.2 Å². The van der Waals surface area contributed by atoms with Gasteiger partial charge in [0.25, 0.3) is 5.91 Å². The van der Waals surface area contributed by atoms with Crippen molar-refractivity contribution in [2.45, 2.75) is 24.3 Å². The molecule has 1 fully saturated rings. The van der Waals surface area contributed by atoms with Crippen LogP contribution in [0.25, 0.3) is 0 Å². The molecule has 1 saturated heterocycles. The zero-order valence-corrected chi connectivity index (χ0v) is 15.0. The standard InChI is InChI=1S/C15H21ClN2O4S/c1-4-11-10-18(7-8-22-11)15(19)13-9-12(5-6-14(13)16)23(20,21)17(2)3/h5-6,9,11H,4,7-8,10H2,1-3H3. The van der Waals surface area contributed by atoms with Crippen molar-refractivity contribution in [1.29, 1.82) is 0 Å². The summed E-state index contributed by atoms with van der Waals surface area (Å²) in [6, 6.07) is 4.20. The third-order valence-corrected chi connectivity index (χ3v) is 5.97. The molecule has 8 heteroatoms. The number of morpholine rings is 1. The van der Waals surface area contributed by atoms with Gasteiger partial charge in [0.1, 0.15) is 0 Å². The van der Waals surface area contributed by atoms with Crippen molar-refractivity contribution in [2.75, 3.05) is 33.8 Å². The maximum absolute atomic E-state index is 12.7. The van der Waals surface area contributed by atoms with E-state index < -0.39 is 10.0 Å². The molecule has 128 valence electrons. The van der Waals surface area contributed by atoms with E-state index in [4.69, 9.17) is 16.3 Å². The summed E-state index contributed by atoms with van der Waals surface area (Å²) in [6.07, 6.45) is 0.812.